The van der Waals surface area contributed by atoms with Crippen LogP contribution in [-0.4, -0.2) is 26.9 Å². The molecule has 7 nitrogen and oxygen atoms in total. The van der Waals surface area contributed by atoms with Crippen LogP contribution in [0.1, 0.15) is 39.5 Å². The monoisotopic (exact) mass is 1170 g/mol. The molecular formula is C69H55IrN7-4. The molecule has 0 saturated heterocycles. The molecule has 0 amide bonds. The van der Waals surface area contributed by atoms with Gasteiger partial charge in [0.15, 0.2) is 0 Å². The van der Waals surface area contributed by atoms with E-state index in [1.807, 2.05) is 42.5 Å². The summed E-state index contributed by atoms with van der Waals surface area (Å²) in [7, 11) is 0. The molecule has 5 aromatic heterocycles. The van der Waals surface area contributed by atoms with Crippen molar-refractivity contribution in [3.8, 4) is 11.3 Å². The number of anilines is 6. The van der Waals surface area contributed by atoms with Crippen molar-refractivity contribution in [3.05, 3.63) is 238 Å². The fraction of sp³-hybridized carbons (Fsp3) is 0.116. The number of hydrogen-bond donors (Lipinski definition) is 0. The minimum absolute atomic E-state index is 0. The van der Waals surface area contributed by atoms with Crippen molar-refractivity contribution in [1.82, 2.24) is 13.8 Å². The van der Waals surface area contributed by atoms with E-state index in [4.69, 9.17) is 0 Å². The molecule has 2 aliphatic rings. The van der Waals surface area contributed by atoms with Crippen molar-refractivity contribution in [3.63, 3.8) is 0 Å². The van der Waals surface area contributed by atoms with Gasteiger partial charge in [-0.25, -0.2) is 0 Å². The van der Waals surface area contributed by atoms with Gasteiger partial charge >= 0.3 is 0 Å². The Balaban J connectivity index is 0.000000120. The van der Waals surface area contributed by atoms with Crippen LogP contribution in [0.3, 0.4) is 0 Å². The first-order valence-corrected chi connectivity index (χ1v) is 26.8. The summed E-state index contributed by atoms with van der Waals surface area (Å²) in [4.78, 5) is 13.7. The van der Waals surface area contributed by atoms with Gasteiger partial charge in [-0.05, 0) is 91.6 Å². The number of pyridine rings is 1. The zero-order valence-electron chi connectivity index (χ0n) is 43.1. The molecule has 0 atom stereocenters. The number of fused-ring (bicyclic) bond motifs is 14. The van der Waals surface area contributed by atoms with Crippen LogP contribution in [0, 0.1) is 25.5 Å². The van der Waals surface area contributed by atoms with Gasteiger partial charge in [-0.1, -0.05) is 159 Å². The van der Waals surface area contributed by atoms with E-state index in [1.54, 1.807) is 6.20 Å². The van der Waals surface area contributed by atoms with Crippen LogP contribution in [0.2, 0.25) is 0 Å². The molecule has 77 heavy (non-hydrogen) atoms. The zero-order valence-corrected chi connectivity index (χ0v) is 45.5. The minimum atomic E-state index is 0. The summed E-state index contributed by atoms with van der Waals surface area (Å²) in [5.41, 5.74) is 17.1. The average Bonchev–Trinajstić information content (AvgIpc) is 4.51. The summed E-state index contributed by atoms with van der Waals surface area (Å²) < 4.78 is 4.89. The molecule has 0 bridgehead atoms. The maximum atomic E-state index is 4.22. The second-order valence-electron chi connectivity index (χ2n) is 19.9. The number of aromatic nitrogens is 3. The first-order chi connectivity index (χ1) is 37.7. The summed E-state index contributed by atoms with van der Waals surface area (Å²) in [6.45, 7) is 11.1. The van der Waals surface area contributed by atoms with Gasteiger partial charge < -0.3 is 33.4 Å². The van der Waals surface area contributed by atoms with E-state index in [2.05, 4.69) is 236 Å². The molecule has 7 heterocycles. The van der Waals surface area contributed by atoms with Crippen molar-refractivity contribution >= 4 is 110 Å². The van der Waals surface area contributed by atoms with Crippen molar-refractivity contribution < 1.29 is 20.1 Å². The molecule has 1 radical (unpaired) electrons. The van der Waals surface area contributed by atoms with Crippen LogP contribution in [0.5, 0.6) is 0 Å². The average molecular weight is 1170 g/mol. The Bertz CT molecular complexity index is 4090. The Labute approximate surface area is 462 Å². The predicted molar refractivity (Wildman–Crippen MR) is 320 cm³/mol. The first kappa shape index (κ1) is 48.2. The van der Waals surface area contributed by atoms with E-state index in [1.165, 1.54) is 130 Å². The smallest absolute Gasteiger partial charge is 0.0621 e. The van der Waals surface area contributed by atoms with Crippen LogP contribution >= 0.6 is 0 Å². The van der Waals surface area contributed by atoms with Crippen molar-refractivity contribution in [2.75, 3.05) is 32.7 Å². The summed E-state index contributed by atoms with van der Waals surface area (Å²) in [5, 5.41) is 10.5. The van der Waals surface area contributed by atoms with E-state index in [0.29, 0.717) is 0 Å². The summed E-state index contributed by atoms with van der Waals surface area (Å²) in [5.74, 6) is 0. The molecule has 2 aliphatic heterocycles. The fourth-order valence-corrected chi connectivity index (χ4v) is 12.1. The van der Waals surface area contributed by atoms with Crippen molar-refractivity contribution in [1.29, 1.82) is 0 Å². The summed E-state index contributed by atoms with van der Waals surface area (Å²) >= 11 is 0. The van der Waals surface area contributed by atoms with Crippen LogP contribution in [-0.2, 0) is 20.1 Å². The molecule has 0 fully saturated rings. The van der Waals surface area contributed by atoms with Gasteiger partial charge in [0.1, 0.15) is 0 Å². The van der Waals surface area contributed by atoms with E-state index in [9.17, 15) is 0 Å². The quantitative estimate of drug-likeness (QED) is 0.135. The largest absolute Gasteiger partial charge is 0.501 e. The molecule has 379 valence electrons. The second-order valence-corrected chi connectivity index (χ2v) is 19.9. The molecule has 0 saturated carbocycles. The van der Waals surface area contributed by atoms with E-state index >= 15 is 0 Å². The molecule has 0 N–H and O–H groups in total. The van der Waals surface area contributed by atoms with Gasteiger partial charge in [-0.15, -0.1) is 48.6 Å². The topological polar surface area (TPSA) is 34.7 Å². The molecule has 14 aromatic rings. The van der Waals surface area contributed by atoms with E-state index < -0.39 is 0 Å². The first-order valence-electron chi connectivity index (χ1n) is 26.8. The standard InChI is InChI=1S/C29H24N3.C29H23N3.C11H8N.Ir/c2*1-2-3-18-30-19-31(25-15-7-6-14-24(25)30)26-16-9-17-27-28(26)22-12-8-11-21-20-10-4-5-13-23(20)32(27)29(21)22;1-2-6-10(7-3-1)11-8-4-5-9-12-11;/h4-17,19H,2-3,18H2,1H3;4-15,17,19H,2-3,18H2,1H3;1-6,8-9H;/q-1;-2;-1;. The van der Waals surface area contributed by atoms with Crippen molar-refractivity contribution in [2.45, 2.75) is 39.5 Å². The normalized spacial score (nSPS) is 13.1. The maximum Gasteiger partial charge on any atom is 0.0621 e. The van der Waals surface area contributed by atoms with Crippen LogP contribution in [0.15, 0.2) is 212 Å². The molecule has 9 aromatic carbocycles. The van der Waals surface area contributed by atoms with Gasteiger partial charge in [-0.3, -0.25) is 0 Å². The SMILES string of the molecule is CCCCN1[CH-]N(c2[c-]ccc3c2c2cccc4c5ccccc5n3c42)c2ccccc21.CCCCN1[CH-]N(c2cccc3c2c2cccc4c5ccccc5n3c42)c2ccccc21.[Ir].[c-]1ccccc1-c1ccccn1. The predicted octanol–water partition coefficient (Wildman–Crippen LogP) is 17.8. The molecule has 0 spiro atoms. The van der Waals surface area contributed by atoms with Crippen molar-refractivity contribution in [2.24, 2.45) is 0 Å². The van der Waals surface area contributed by atoms with Gasteiger partial charge in [0, 0.05) is 92.6 Å². The van der Waals surface area contributed by atoms with Crippen LogP contribution in [0.4, 0.5) is 34.1 Å². The second kappa shape index (κ2) is 20.3. The van der Waals surface area contributed by atoms with E-state index in [0.717, 1.165) is 30.0 Å². The van der Waals surface area contributed by atoms with E-state index in [-0.39, 0.29) is 20.1 Å². The third-order valence-corrected chi connectivity index (χ3v) is 15.5. The fourth-order valence-electron chi connectivity index (χ4n) is 12.1. The molecule has 0 unspecified atom stereocenters. The van der Waals surface area contributed by atoms with Crippen LogP contribution < -0.4 is 19.6 Å². The van der Waals surface area contributed by atoms with Crippen LogP contribution in [0.25, 0.3) is 87.4 Å². The molecule has 16 rings (SSSR count). The Morgan fingerprint density at radius 2 is 0.896 bits per heavy atom. The molecule has 8 heteroatoms. The third-order valence-electron chi connectivity index (χ3n) is 15.5. The Morgan fingerprint density at radius 1 is 0.403 bits per heavy atom. The Kier molecular flexibility index (Phi) is 12.7. The van der Waals surface area contributed by atoms with Gasteiger partial charge in [0.25, 0.3) is 0 Å². The Hall–Kier alpha value is -8.42. The van der Waals surface area contributed by atoms with Gasteiger partial charge in [-0.2, -0.15) is 18.8 Å². The van der Waals surface area contributed by atoms with Gasteiger partial charge in [0.05, 0.1) is 22.1 Å². The zero-order chi connectivity index (χ0) is 50.7. The number of benzene rings is 9. The Morgan fingerprint density at radius 3 is 1.51 bits per heavy atom. The number of para-hydroxylation sites is 8. The number of nitrogens with zero attached hydrogens (tertiary/aromatic N) is 7. The third kappa shape index (κ3) is 7.92. The minimum Gasteiger partial charge on any atom is -0.501 e. The van der Waals surface area contributed by atoms with Gasteiger partial charge in [0.2, 0.25) is 0 Å². The number of unbranched alkanes of at least 4 members (excludes halogenated alkanes) is 2. The molecular weight excluding hydrogens is 1120 g/mol. The summed E-state index contributed by atoms with van der Waals surface area (Å²) in [6.07, 6.45) is 6.52. The maximum absolute atomic E-state index is 4.22. The molecule has 0 aliphatic carbocycles. The number of hydrogen-bond acceptors (Lipinski definition) is 5. The summed E-state index contributed by atoms with van der Waals surface area (Å²) in [6, 6.07) is 79.8. The number of rotatable bonds is 9.